The van der Waals surface area contributed by atoms with E-state index in [-0.39, 0.29) is 6.61 Å². The number of carbonyl (C=O) groups is 1. The molecule has 1 heterocycles. The third-order valence-electron chi connectivity index (χ3n) is 2.32. The van der Waals surface area contributed by atoms with E-state index in [1.165, 1.54) is 0 Å². The molecule has 2 aromatic rings. The Morgan fingerprint density at radius 3 is 2.76 bits per heavy atom. The minimum atomic E-state index is -1.35. The Bertz CT molecular complexity index is 716. The van der Waals surface area contributed by atoms with Gasteiger partial charge in [0.1, 0.15) is 5.82 Å². The summed E-state index contributed by atoms with van der Waals surface area (Å²) in [6, 6.07) is 1.06. The molecular formula is C11H7F2N3O5. The first-order valence-corrected chi connectivity index (χ1v) is 5.58. The standard InChI is InChI=1S/C11H7F2N3O5/c1-2-20-11(17)10-15-14-9(21-10)6-3-5(12)4-7(8(6)13)16(18)19/h3-4H,2H2,1H3. The lowest BCUT2D eigenvalue weighted by atomic mass is 10.2. The van der Waals surface area contributed by atoms with E-state index in [1.54, 1.807) is 6.92 Å². The Morgan fingerprint density at radius 1 is 1.43 bits per heavy atom. The molecule has 110 valence electrons. The van der Waals surface area contributed by atoms with E-state index < -0.39 is 45.6 Å². The molecule has 0 fully saturated rings. The lowest BCUT2D eigenvalue weighted by Gasteiger charge is -2.00. The summed E-state index contributed by atoms with van der Waals surface area (Å²) in [6.45, 7) is 1.60. The van der Waals surface area contributed by atoms with Crippen LogP contribution in [0.3, 0.4) is 0 Å². The van der Waals surface area contributed by atoms with Gasteiger partial charge in [-0.25, -0.2) is 9.18 Å². The maximum absolute atomic E-state index is 13.9. The molecule has 0 unspecified atom stereocenters. The van der Waals surface area contributed by atoms with E-state index >= 15 is 0 Å². The molecule has 0 atom stereocenters. The van der Waals surface area contributed by atoms with Crippen molar-refractivity contribution < 1.29 is 27.7 Å². The lowest BCUT2D eigenvalue weighted by molar-refractivity contribution is -0.387. The summed E-state index contributed by atoms with van der Waals surface area (Å²) in [7, 11) is 0. The molecular weight excluding hydrogens is 292 g/mol. The maximum Gasteiger partial charge on any atom is 0.396 e. The van der Waals surface area contributed by atoms with Crippen molar-refractivity contribution in [3.63, 3.8) is 0 Å². The summed E-state index contributed by atoms with van der Waals surface area (Å²) in [5, 5.41) is 17.3. The van der Waals surface area contributed by atoms with Crippen LogP contribution >= 0.6 is 0 Å². The van der Waals surface area contributed by atoms with Crippen LogP contribution in [0.5, 0.6) is 0 Å². The molecule has 0 aliphatic carbocycles. The van der Waals surface area contributed by atoms with Crippen LogP contribution in [-0.4, -0.2) is 27.7 Å². The number of nitro benzene ring substituents is 1. The average Bonchev–Trinajstić information content (AvgIpc) is 2.90. The third-order valence-corrected chi connectivity index (χ3v) is 2.32. The number of carbonyl (C=O) groups excluding carboxylic acids is 1. The highest BCUT2D eigenvalue weighted by Crippen LogP contribution is 2.29. The summed E-state index contributed by atoms with van der Waals surface area (Å²) in [4.78, 5) is 20.8. The Kier molecular flexibility index (Phi) is 3.87. The van der Waals surface area contributed by atoms with Crippen LogP contribution in [0.1, 0.15) is 17.6 Å². The van der Waals surface area contributed by atoms with E-state index in [1.807, 2.05) is 0 Å². The maximum atomic E-state index is 13.9. The lowest BCUT2D eigenvalue weighted by Crippen LogP contribution is -2.04. The number of esters is 1. The zero-order chi connectivity index (χ0) is 15.6. The Hall–Kier alpha value is -2.91. The van der Waals surface area contributed by atoms with Gasteiger partial charge in [-0.1, -0.05) is 0 Å². The molecule has 0 saturated carbocycles. The molecule has 10 heteroatoms. The first-order valence-electron chi connectivity index (χ1n) is 5.58. The summed E-state index contributed by atoms with van der Waals surface area (Å²) in [5.74, 6) is -4.49. The van der Waals surface area contributed by atoms with Crippen LogP contribution in [-0.2, 0) is 4.74 Å². The minimum absolute atomic E-state index is 0.0519. The second kappa shape index (κ2) is 5.61. The SMILES string of the molecule is CCOC(=O)c1nnc(-c2cc(F)cc([N+](=O)[O-])c2F)o1. The van der Waals surface area contributed by atoms with Crippen molar-refractivity contribution in [1.29, 1.82) is 0 Å². The van der Waals surface area contributed by atoms with Gasteiger partial charge < -0.3 is 9.15 Å². The van der Waals surface area contributed by atoms with Crippen LogP contribution in [0, 0.1) is 21.7 Å². The van der Waals surface area contributed by atoms with Gasteiger partial charge in [-0.2, -0.15) is 4.39 Å². The molecule has 0 aliphatic rings. The summed E-state index contributed by atoms with van der Waals surface area (Å²) >= 11 is 0. The molecule has 0 saturated heterocycles. The van der Waals surface area contributed by atoms with Crippen LogP contribution in [0.2, 0.25) is 0 Å². The van der Waals surface area contributed by atoms with Gasteiger partial charge in [-0.15, -0.1) is 10.2 Å². The van der Waals surface area contributed by atoms with E-state index in [0.717, 1.165) is 0 Å². The van der Waals surface area contributed by atoms with Crippen LogP contribution in [0.15, 0.2) is 16.5 Å². The Balaban J connectivity index is 2.48. The summed E-state index contributed by atoms with van der Waals surface area (Å²) < 4.78 is 36.6. The highest BCUT2D eigenvalue weighted by molar-refractivity contribution is 5.84. The topological polar surface area (TPSA) is 108 Å². The zero-order valence-corrected chi connectivity index (χ0v) is 10.5. The molecule has 0 spiro atoms. The monoisotopic (exact) mass is 299 g/mol. The smallest absolute Gasteiger partial charge is 0.396 e. The van der Waals surface area contributed by atoms with E-state index in [4.69, 9.17) is 4.42 Å². The zero-order valence-electron chi connectivity index (χ0n) is 10.5. The van der Waals surface area contributed by atoms with Crippen LogP contribution < -0.4 is 0 Å². The van der Waals surface area contributed by atoms with Gasteiger partial charge in [0.05, 0.1) is 23.2 Å². The molecule has 0 radical (unpaired) electrons. The molecule has 1 aromatic heterocycles. The average molecular weight is 299 g/mol. The van der Waals surface area contributed by atoms with Crippen molar-refractivity contribution in [3.8, 4) is 11.5 Å². The van der Waals surface area contributed by atoms with Crippen molar-refractivity contribution in [2.24, 2.45) is 0 Å². The largest absolute Gasteiger partial charge is 0.459 e. The second-order valence-corrected chi connectivity index (χ2v) is 3.68. The molecule has 0 N–H and O–H groups in total. The number of aromatic nitrogens is 2. The summed E-state index contributed by atoms with van der Waals surface area (Å²) in [6.07, 6.45) is 0. The van der Waals surface area contributed by atoms with Crippen LogP contribution in [0.4, 0.5) is 14.5 Å². The molecule has 0 amide bonds. The third kappa shape index (κ3) is 2.83. The molecule has 1 aromatic carbocycles. The number of nitro groups is 1. The number of benzene rings is 1. The number of hydrogen-bond acceptors (Lipinski definition) is 7. The number of rotatable bonds is 4. The fourth-order valence-electron chi connectivity index (χ4n) is 1.47. The Morgan fingerprint density at radius 2 is 2.14 bits per heavy atom. The highest BCUT2D eigenvalue weighted by atomic mass is 19.1. The van der Waals surface area contributed by atoms with Crippen molar-refractivity contribution in [3.05, 3.63) is 39.8 Å². The van der Waals surface area contributed by atoms with Gasteiger partial charge in [0, 0.05) is 0 Å². The predicted octanol–water partition coefficient (Wildman–Crippen LogP) is 2.10. The van der Waals surface area contributed by atoms with Gasteiger partial charge >= 0.3 is 17.5 Å². The first kappa shape index (κ1) is 14.5. The molecule has 2 rings (SSSR count). The van der Waals surface area contributed by atoms with E-state index in [2.05, 4.69) is 14.9 Å². The quantitative estimate of drug-likeness (QED) is 0.483. The fourth-order valence-corrected chi connectivity index (χ4v) is 1.47. The normalized spacial score (nSPS) is 10.4. The van der Waals surface area contributed by atoms with E-state index in [9.17, 15) is 23.7 Å². The van der Waals surface area contributed by atoms with E-state index in [0.29, 0.717) is 12.1 Å². The summed E-state index contributed by atoms with van der Waals surface area (Å²) in [5.41, 5.74) is -1.70. The van der Waals surface area contributed by atoms with Crippen molar-refractivity contribution in [2.45, 2.75) is 6.92 Å². The van der Waals surface area contributed by atoms with Gasteiger partial charge in [0.15, 0.2) is 0 Å². The van der Waals surface area contributed by atoms with Gasteiger partial charge in [0.25, 0.3) is 5.89 Å². The highest BCUT2D eigenvalue weighted by Gasteiger charge is 2.25. The minimum Gasteiger partial charge on any atom is -0.459 e. The molecule has 0 bridgehead atoms. The van der Waals surface area contributed by atoms with Crippen molar-refractivity contribution in [2.75, 3.05) is 6.61 Å². The van der Waals surface area contributed by atoms with Gasteiger partial charge in [-0.3, -0.25) is 10.1 Å². The molecule has 8 nitrogen and oxygen atoms in total. The van der Waals surface area contributed by atoms with Gasteiger partial charge in [0.2, 0.25) is 5.82 Å². The molecule has 21 heavy (non-hydrogen) atoms. The number of halogens is 2. The second-order valence-electron chi connectivity index (χ2n) is 3.68. The molecule has 0 aliphatic heterocycles. The van der Waals surface area contributed by atoms with Gasteiger partial charge in [-0.05, 0) is 13.0 Å². The first-order chi connectivity index (χ1) is 9.93. The number of nitrogens with zero attached hydrogens (tertiary/aromatic N) is 3. The number of ether oxygens (including phenoxy) is 1. The van der Waals surface area contributed by atoms with Crippen LogP contribution in [0.25, 0.3) is 11.5 Å². The number of hydrogen-bond donors (Lipinski definition) is 0. The van der Waals surface area contributed by atoms with Crippen molar-refractivity contribution in [1.82, 2.24) is 10.2 Å². The Labute approximate surface area is 115 Å². The fraction of sp³-hybridized carbons (Fsp3) is 0.182. The predicted molar refractivity (Wildman–Crippen MR) is 62.3 cm³/mol. The van der Waals surface area contributed by atoms with Crippen molar-refractivity contribution >= 4 is 11.7 Å².